The van der Waals surface area contributed by atoms with Gasteiger partial charge in [0, 0.05) is 42.4 Å². The van der Waals surface area contributed by atoms with Crippen LogP contribution in [0.4, 0.5) is 0 Å². The van der Waals surface area contributed by atoms with E-state index in [1.807, 2.05) is 70.1 Å². The molecule has 0 bridgehead atoms. The molecular formula is C24H22N4O2. The molecule has 5 rings (SSSR count). The van der Waals surface area contributed by atoms with Crippen LogP contribution in [0, 0.1) is 0 Å². The lowest BCUT2D eigenvalue weighted by atomic mass is 10.0. The number of imidazole rings is 1. The van der Waals surface area contributed by atoms with E-state index in [-0.39, 0.29) is 17.6 Å². The summed E-state index contributed by atoms with van der Waals surface area (Å²) >= 11 is 0. The summed E-state index contributed by atoms with van der Waals surface area (Å²) in [6.07, 6.45) is 6.75. The van der Waals surface area contributed by atoms with Crippen molar-refractivity contribution in [2.24, 2.45) is 0 Å². The normalized spacial score (nSPS) is 15.4. The number of carbonyl (C=O) groups is 1. The molecular weight excluding hydrogens is 376 g/mol. The Morgan fingerprint density at radius 3 is 2.70 bits per heavy atom. The number of aromatic amines is 1. The van der Waals surface area contributed by atoms with Gasteiger partial charge in [-0.25, -0.2) is 4.79 Å². The number of hydrogen-bond acceptors (Lipinski definition) is 3. The fourth-order valence-electron chi connectivity index (χ4n) is 4.31. The number of piperidine rings is 1. The minimum absolute atomic E-state index is 0.00680. The zero-order chi connectivity index (χ0) is 20.5. The average Bonchev–Trinajstić information content (AvgIpc) is 3.13. The molecule has 0 saturated carbocycles. The molecule has 0 unspecified atom stereocenters. The van der Waals surface area contributed by atoms with Crippen molar-refractivity contribution < 1.29 is 4.79 Å². The van der Waals surface area contributed by atoms with Crippen LogP contribution in [0.15, 0.2) is 71.7 Å². The smallest absolute Gasteiger partial charge is 0.326 e. The van der Waals surface area contributed by atoms with Gasteiger partial charge in [-0.1, -0.05) is 36.4 Å². The molecule has 6 heteroatoms. The molecule has 30 heavy (non-hydrogen) atoms. The molecule has 0 spiro atoms. The number of pyridine rings is 1. The molecule has 2 aromatic heterocycles. The molecule has 1 saturated heterocycles. The Hall–Kier alpha value is -3.67. The van der Waals surface area contributed by atoms with Crippen LogP contribution in [-0.2, 0) is 4.79 Å². The molecule has 1 amide bonds. The maximum absolute atomic E-state index is 12.7. The number of amides is 1. The summed E-state index contributed by atoms with van der Waals surface area (Å²) in [4.78, 5) is 34.4. The maximum Gasteiger partial charge on any atom is 0.326 e. The van der Waals surface area contributed by atoms with Gasteiger partial charge in [0.05, 0.1) is 16.6 Å². The molecule has 1 aliphatic rings. The second-order valence-electron chi connectivity index (χ2n) is 7.63. The number of rotatable bonds is 3. The van der Waals surface area contributed by atoms with Gasteiger partial charge in [-0.05, 0) is 37.1 Å². The lowest BCUT2D eigenvalue weighted by molar-refractivity contribution is -0.127. The lowest BCUT2D eigenvalue weighted by Gasteiger charge is -2.32. The molecule has 2 aromatic carbocycles. The Morgan fingerprint density at radius 2 is 1.83 bits per heavy atom. The summed E-state index contributed by atoms with van der Waals surface area (Å²) in [5.41, 5.74) is 3.52. The third-order valence-corrected chi connectivity index (χ3v) is 5.83. The molecule has 1 fully saturated rings. The van der Waals surface area contributed by atoms with E-state index in [4.69, 9.17) is 0 Å². The van der Waals surface area contributed by atoms with Crippen LogP contribution >= 0.6 is 0 Å². The van der Waals surface area contributed by atoms with Gasteiger partial charge < -0.3 is 9.88 Å². The Labute approximate surface area is 173 Å². The van der Waals surface area contributed by atoms with Gasteiger partial charge in [-0.2, -0.15) is 0 Å². The summed E-state index contributed by atoms with van der Waals surface area (Å²) in [6, 6.07) is 17.7. The Kier molecular flexibility index (Phi) is 4.67. The van der Waals surface area contributed by atoms with Gasteiger partial charge in [0.15, 0.2) is 0 Å². The van der Waals surface area contributed by atoms with Crippen molar-refractivity contribution in [3.8, 4) is 0 Å². The Bertz CT molecular complexity index is 1300. The second-order valence-corrected chi connectivity index (χ2v) is 7.63. The van der Waals surface area contributed by atoms with Crippen LogP contribution in [0.2, 0.25) is 0 Å². The molecule has 0 atom stereocenters. The van der Waals surface area contributed by atoms with Crippen LogP contribution in [0.25, 0.3) is 28.0 Å². The minimum Gasteiger partial charge on any atom is -0.339 e. The van der Waals surface area contributed by atoms with Gasteiger partial charge in [0.25, 0.3) is 0 Å². The van der Waals surface area contributed by atoms with Crippen molar-refractivity contribution in [3.05, 3.63) is 82.9 Å². The van der Waals surface area contributed by atoms with E-state index in [2.05, 4.69) is 9.97 Å². The van der Waals surface area contributed by atoms with Crippen molar-refractivity contribution in [3.63, 3.8) is 0 Å². The monoisotopic (exact) mass is 398 g/mol. The van der Waals surface area contributed by atoms with E-state index >= 15 is 0 Å². The standard InChI is InChI=1S/C24H22N4O2/c29-22(11-10-18-6-3-5-17-7-4-14-25-23(17)18)27-15-12-19(13-16-27)28-21-9-2-1-8-20(21)26-24(28)30/h1-11,14,19H,12-13,15-16H2,(H,26,30)/b11-10+. The SMILES string of the molecule is O=C(/C=C/c1cccc2cccnc12)N1CCC(n2c(=O)[nH]c3ccccc32)CC1. The van der Waals surface area contributed by atoms with E-state index in [0.717, 1.165) is 40.3 Å². The molecule has 0 aliphatic carbocycles. The highest BCUT2D eigenvalue weighted by atomic mass is 16.2. The molecule has 150 valence electrons. The number of benzene rings is 2. The fourth-order valence-corrected chi connectivity index (χ4v) is 4.31. The number of aromatic nitrogens is 3. The van der Waals surface area contributed by atoms with Crippen LogP contribution in [0.1, 0.15) is 24.4 Å². The first-order valence-corrected chi connectivity index (χ1v) is 10.2. The van der Waals surface area contributed by atoms with Gasteiger partial charge in [-0.3, -0.25) is 14.3 Å². The van der Waals surface area contributed by atoms with Gasteiger partial charge in [0.1, 0.15) is 0 Å². The van der Waals surface area contributed by atoms with E-state index < -0.39 is 0 Å². The van der Waals surface area contributed by atoms with Crippen molar-refractivity contribution >= 4 is 33.9 Å². The highest BCUT2D eigenvalue weighted by molar-refractivity contribution is 5.95. The van der Waals surface area contributed by atoms with E-state index in [1.165, 1.54) is 0 Å². The quantitative estimate of drug-likeness (QED) is 0.534. The molecule has 0 radical (unpaired) electrons. The third-order valence-electron chi connectivity index (χ3n) is 5.83. The zero-order valence-corrected chi connectivity index (χ0v) is 16.5. The summed E-state index contributed by atoms with van der Waals surface area (Å²) in [5.74, 6) is -0.00680. The lowest BCUT2D eigenvalue weighted by Crippen LogP contribution is -2.39. The maximum atomic E-state index is 12.7. The van der Waals surface area contributed by atoms with Crippen molar-refractivity contribution in [2.45, 2.75) is 18.9 Å². The highest BCUT2D eigenvalue weighted by Gasteiger charge is 2.25. The van der Waals surface area contributed by atoms with Crippen LogP contribution < -0.4 is 5.69 Å². The van der Waals surface area contributed by atoms with E-state index in [1.54, 1.807) is 12.3 Å². The Balaban J connectivity index is 1.29. The molecule has 6 nitrogen and oxygen atoms in total. The number of para-hydroxylation sites is 3. The third kappa shape index (κ3) is 3.30. The van der Waals surface area contributed by atoms with Crippen LogP contribution in [0.5, 0.6) is 0 Å². The number of likely N-dealkylation sites (tertiary alicyclic amines) is 1. The predicted molar refractivity (Wildman–Crippen MR) is 118 cm³/mol. The van der Waals surface area contributed by atoms with Crippen molar-refractivity contribution in [1.29, 1.82) is 0 Å². The minimum atomic E-state index is -0.0793. The Morgan fingerprint density at radius 1 is 1.03 bits per heavy atom. The topological polar surface area (TPSA) is 71.0 Å². The van der Waals surface area contributed by atoms with Crippen LogP contribution in [-0.4, -0.2) is 38.4 Å². The zero-order valence-electron chi connectivity index (χ0n) is 16.5. The van der Waals surface area contributed by atoms with Gasteiger partial charge in [-0.15, -0.1) is 0 Å². The fraction of sp³-hybridized carbons (Fsp3) is 0.208. The summed E-state index contributed by atoms with van der Waals surface area (Å²) in [7, 11) is 0. The number of hydrogen-bond donors (Lipinski definition) is 1. The molecule has 4 aromatic rings. The first-order chi connectivity index (χ1) is 14.7. The van der Waals surface area contributed by atoms with Gasteiger partial charge in [0.2, 0.25) is 5.91 Å². The summed E-state index contributed by atoms with van der Waals surface area (Å²) in [5, 5.41) is 1.05. The molecule has 3 heterocycles. The van der Waals surface area contributed by atoms with E-state index in [0.29, 0.717) is 13.1 Å². The summed E-state index contributed by atoms with van der Waals surface area (Å²) in [6.45, 7) is 1.27. The summed E-state index contributed by atoms with van der Waals surface area (Å²) < 4.78 is 1.84. The predicted octanol–water partition coefficient (Wildman–Crippen LogP) is 3.75. The van der Waals surface area contributed by atoms with Crippen molar-refractivity contribution in [2.75, 3.05) is 13.1 Å². The molecule has 1 N–H and O–H groups in total. The number of carbonyl (C=O) groups excluding carboxylic acids is 1. The van der Waals surface area contributed by atoms with Crippen LogP contribution in [0.3, 0.4) is 0 Å². The second kappa shape index (κ2) is 7.63. The number of fused-ring (bicyclic) bond motifs is 2. The highest BCUT2D eigenvalue weighted by Crippen LogP contribution is 2.25. The number of H-pyrrole nitrogens is 1. The van der Waals surface area contributed by atoms with Crippen molar-refractivity contribution in [1.82, 2.24) is 19.4 Å². The number of nitrogens with zero attached hydrogens (tertiary/aromatic N) is 3. The first-order valence-electron chi connectivity index (χ1n) is 10.2. The first kappa shape index (κ1) is 18.4. The van der Waals surface area contributed by atoms with E-state index in [9.17, 15) is 9.59 Å². The molecule has 1 aliphatic heterocycles. The van der Waals surface area contributed by atoms with Gasteiger partial charge >= 0.3 is 5.69 Å². The average molecular weight is 398 g/mol. The number of nitrogens with one attached hydrogen (secondary N) is 1. The largest absolute Gasteiger partial charge is 0.339 e.